The first-order chi connectivity index (χ1) is 6.45. The summed E-state index contributed by atoms with van der Waals surface area (Å²) in [5.41, 5.74) is 5.59. The molecule has 0 spiro atoms. The van der Waals surface area contributed by atoms with Gasteiger partial charge in [0.2, 0.25) is 0 Å². The second-order valence-corrected chi connectivity index (χ2v) is 3.19. The van der Waals surface area contributed by atoms with Crippen molar-refractivity contribution in [1.82, 2.24) is 0 Å². The Kier molecular flexibility index (Phi) is 3.16. The van der Waals surface area contributed by atoms with Crippen LogP contribution in [0.25, 0.3) is 0 Å². The van der Waals surface area contributed by atoms with Crippen molar-refractivity contribution in [1.29, 1.82) is 0 Å². The molecule has 0 aliphatic carbocycles. The molecule has 0 radical (unpaired) electrons. The lowest BCUT2D eigenvalue weighted by Gasteiger charge is -2.11. The van der Waals surface area contributed by atoms with Gasteiger partial charge in [0.05, 0.1) is 5.56 Å². The first-order valence-corrected chi connectivity index (χ1v) is 4.32. The van der Waals surface area contributed by atoms with Gasteiger partial charge in [-0.25, -0.2) is 0 Å². The first-order valence-electron chi connectivity index (χ1n) is 4.32. The Morgan fingerprint density at radius 1 is 1.29 bits per heavy atom. The van der Waals surface area contributed by atoms with Gasteiger partial charge in [-0.2, -0.15) is 13.2 Å². The van der Waals surface area contributed by atoms with Crippen LogP contribution in [-0.2, 0) is 12.6 Å². The van der Waals surface area contributed by atoms with Crippen LogP contribution in [0.3, 0.4) is 0 Å². The molecule has 1 nitrogen and oxygen atoms in total. The summed E-state index contributed by atoms with van der Waals surface area (Å²) in [7, 11) is 0. The van der Waals surface area contributed by atoms with E-state index in [9.17, 15) is 13.2 Å². The van der Waals surface area contributed by atoms with Crippen molar-refractivity contribution in [2.45, 2.75) is 19.5 Å². The maximum atomic E-state index is 12.4. The van der Waals surface area contributed by atoms with E-state index in [1.807, 2.05) is 0 Å². The Morgan fingerprint density at radius 3 is 2.43 bits per heavy atom. The molecule has 1 rings (SSSR count). The topological polar surface area (TPSA) is 26.0 Å². The quantitative estimate of drug-likeness (QED) is 0.785. The minimum absolute atomic E-state index is 0.248. The van der Waals surface area contributed by atoms with E-state index in [0.29, 0.717) is 18.5 Å². The zero-order valence-corrected chi connectivity index (χ0v) is 7.86. The van der Waals surface area contributed by atoms with Crippen molar-refractivity contribution in [2.75, 3.05) is 6.54 Å². The molecule has 0 bridgehead atoms. The van der Waals surface area contributed by atoms with Crippen molar-refractivity contribution < 1.29 is 13.2 Å². The van der Waals surface area contributed by atoms with Gasteiger partial charge < -0.3 is 5.73 Å². The van der Waals surface area contributed by atoms with Crippen molar-refractivity contribution in [3.8, 4) is 0 Å². The summed E-state index contributed by atoms with van der Waals surface area (Å²) in [5, 5.41) is 0. The highest BCUT2D eigenvalue weighted by Gasteiger charge is 2.32. The van der Waals surface area contributed by atoms with Crippen LogP contribution in [0.4, 0.5) is 13.2 Å². The van der Waals surface area contributed by atoms with Gasteiger partial charge in [0, 0.05) is 0 Å². The van der Waals surface area contributed by atoms with E-state index in [0.717, 1.165) is 0 Å². The van der Waals surface area contributed by atoms with Crippen LogP contribution in [0.2, 0.25) is 0 Å². The summed E-state index contributed by atoms with van der Waals surface area (Å²) in [6.45, 7) is 1.81. The molecule has 0 heterocycles. The van der Waals surface area contributed by atoms with Crippen LogP contribution in [0.15, 0.2) is 18.2 Å². The van der Waals surface area contributed by atoms with E-state index in [1.54, 1.807) is 6.07 Å². The molecule has 4 heteroatoms. The van der Waals surface area contributed by atoms with Gasteiger partial charge in [0.25, 0.3) is 0 Å². The number of hydrogen-bond donors (Lipinski definition) is 1. The molecule has 0 aliphatic rings. The molecule has 0 saturated carbocycles. The maximum Gasteiger partial charge on any atom is 0.416 e. The SMILES string of the molecule is Cc1ccc(CCN)cc1C(F)(F)F. The minimum atomic E-state index is -4.27. The summed E-state index contributed by atoms with van der Waals surface area (Å²) < 4.78 is 37.3. The Bertz CT molecular complexity index is 318. The Morgan fingerprint density at radius 2 is 1.93 bits per heavy atom. The fourth-order valence-electron chi connectivity index (χ4n) is 1.30. The number of benzene rings is 1. The number of alkyl halides is 3. The monoisotopic (exact) mass is 203 g/mol. The molecular formula is C10H12F3N. The summed E-state index contributed by atoms with van der Waals surface area (Å²) in [6, 6.07) is 4.33. The molecular weight excluding hydrogens is 191 g/mol. The zero-order chi connectivity index (χ0) is 10.8. The molecule has 0 amide bonds. The molecule has 0 aliphatic heterocycles. The minimum Gasteiger partial charge on any atom is -0.330 e. The lowest BCUT2D eigenvalue weighted by atomic mass is 10.0. The third-order valence-corrected chi connectivity index (χ3v) is 2.04. The third-order valence-electron chi connectivity index (χ3n) is 2.04. The largest absolute Gasteiger partial charge is 0.416 e. The normalized spacial score (nSPS) is 11.8. The number of hydrogen-bond acceptors (Lipinski definition) is 1. The highest BCUT2D eigenvalue weighted by Crippen LogP contribution is 2.32. The smallest absolute Gasteiger partial charge is 0.330 e. The van der Waals surface area contributed by atoms with E-state index < -0.39 is 11.7 Å². The standard InChI is InChI=1S/C10H12F3N/c1-7-2-3-8(4-5-14)6-9(7)10(11,12)13/h2-3,6H,4-5,14H2,1H3. The second-order valence-electron chi connectivity index (χ2n) is 3.19. The number of halogens is 3. The van der Waals surface area contributed by atoms with E-state index in [2.05, 4.69) is 0 Å². The van der Waals surface area contributed by atoms with Crippen LogP contribution < -0.4 is 5.73 Å². The van der Waals surface area contributed by atoms with Crippen molar-refractivity contribution in [3.63, 3.8) is 0 Å². The first kappa shape index (κ1) is 11.0. The van der Waals surface area contributed by atoms with Crippen molar-refractivity contribution in [3.05, 3.63) is 34.9 Å². The van der Waals surface area contributed by atoms with E-state index in [4.69, 9.17) is 5.73 Å². The molecule has 2 N–H and O–H groups in total. The van der Waals surface area contributed by atoms with E-state index >= 15 is 0 Å². The van der Waals surface area contributed by atoms with Crippen molar-refractivity contribution >= 4 is 0 Å². The van der Waals surface area contributed by atoms with Gasteiger partial charge in [0.15, 0.2) is 0 Å². The fraction of sp³-hybridized carbons (Fsp3) is 0.400. The van der Waals surface area contributed by atoms with Gasteiger partial charge in [-0.15, -0.1) is 0 Å². The maximum absolute atomic E-state index is 12.4. The molecule has 0 fully saturated rings. The molecule has 0 aromatic heterocycles. The third kappa shape index (κ3) is 2.48. The number of aryl methyl sites for hydroxylation is 1. The molecule has 14 heavy (non-hydrogen) atoms. The second kappa shape index (κ2) is 4.00. The van der Waals surface area contributed by atoms with Gasteiger partial charge in [-0.3, -0.25) is 0 Å². The highest BCUT2D eigenvalue weighted by atomic mass is 19.4. The van der Waals surface area contributed by atoms with Crippen LogP contribution in [0.5, 0.6) is 0 Å². The predicted molar refractivity (Wildman–Crippen MR) is 48.9 cm³/mol. The van der Waals surface area contributed by atoms with Crippen LogP contribution >= 0.6 is 0 Å². The predicted octanol–water partition coefficient (Wildman–Crippen LogP) is 2.52. The van der Waals surface area contributed by atoms with Crippen molar-refractivity contribution in [2.24, 2.45) is 5.73 Å². The molecule has 1 aromatic rings. The molecule has 0 saturated heterocycles. The van der Waals surface area contributed by atoms with Crippen LogP contribution in [0, 0.1) is 6.92 Å². The lowest BCUT2D eigenvalue weighted by molar-refractivity contribution is -0.138. The average Bonchev–Trinajstić information content (AvgIpc) is 2.07. The van der Waals surface area contributed by atoms with Gasteiger partial charge in [0.1, 0.15) is 0 Å². The lowest BCUT2D eigenvalue weighted by Crippen LogP contribution is -2.09. The number of rotatable bonds is 2. The summed E-state index contributed by atoms with van der Waals surface area (Å²) in [6.07, 6.45) is -3.79. The molecule has 1 aromatic carbocycles. The van der Waals surface area contributed by atoms with Crippen LogP contribution in [-0.4, -0.2) is 6.54 Å². The highest BCUT2D eigenvalue weighted by molar-refractivity contribution is 5.33. The Labute approximate surface area is 80.7 Å². The molecule has 0 atom stereocenters. The fourth-order valence-corrected chi connectivity index (χ4v) is 1.30. The van der Waals surface area contributed by atoms with E-state index in [-0.39, 0.29) is 5.56 Å². The van der Waals surface area contributed by atoms with Gasteiger partial charge in [-0.05, 0) is 37.1 Å². The Hall–Kier alpha value is -1.03. The summed E-state index contributed by atoms with van der Waals surface area (Å²) >= 11 is 0. The van der Waals surface area contributed by atoms with Gasteiger partial charge >= 0.3 is 6.18 Å². The Balaban J connectivity index is 3.09. The zero-order valence-electron chi connectivity index (χ0n) is 7.86. The van der Waals surface area contributed by atoms with Gasteiger partial charge in [-0.1, -0.05) is 12.1 Å². The summed E-state index contributed by atoms with van der Waals surface area (Å²) in [5.74, 6) is 0. The molecule has 78 valence electrons. The molecule has 0 unspecified atom stereocenters. The summed E-state index contributed by atoms with van der Waals surface area (Å²) in [4.78, 5) is 0. The average molecular weight is 203 g/mol. The number of nitrogens with two attached hydrogens (primary N) is 1. The van der Waals surface area contributed by atoms with E-state index in [1.165, 1.54) is 19.1 Å². The van der Waals surface area contributed by atoms with Crippen LogP contribution in [0.1, 0.15) is 16.7 Å².